The summed E-state index contributed by atoms with van der Waals surface area (Å²) in [7, 11) is 0. The number of hydrogen-bond acceptors (Lipinski definition) is 5. The number of nitrogens with one attached hydrogen (secondary N) is 1. The van der Waals surface area contributed by atoms with Gasteiger partial charge in [-0.1, -0.05) is 253 Å². The van der Waals surface area contributed by atoms with E-state index in [4.69, 9.17) is 9.47 Å². The molecule has 0 heterocycles. The minimum atomic E-state index is 0.0268. The molecule has 0 saturated heterocycles. The van der Waals surface area contributed by atoms with Crippen LogP contribution in [0.25, 0.3) is 0 Å². The van der Waals surface area contributed by atoms with Gasteiger partial charge >= 0.3 is 11.9 Å². The van der Waals surface area contributed by atoms with E-state index in [1.807, 2.05) is 0 Å². The molecule has 0 saturated carbocycles. The van der Waals surface area contributed by atoms with Crippen molar-refractivity contribution >= 4 is 11.9 Å². The summed E-state index contributed by atoms with van der Waals surface area (Å²) in [5, 5.41) is 3.96. The molecule has 0 aliphatic rings. The lowest BCUT2D eigenvalue weighted by Crippen LogP contribution is -2.30. The van der Waals surface area contributed by atoms with E-state index in [1.54, 1.807) is 0 Å². The van der Waals surface area contributed by atoms with Crippen LogP contribution in [-0.4, -0.2) is 37.7 Å². The highest BCUT2D eigenvalue weighted by Gasteiger charge is 2.15. The number of carbonyl (C=O) groups excluding carboxylic acids is 2. The lowest BCUT2D eigenvalue weighted by atomic mass is 9.95. The molecule has 1 N–H and O–H groups in total. The Morgan fingerprint density at radius 2 is 0.571 bits per heavy atom. The number of unbranched alkanes of at least 4 members (excludes halogenated alkanes) is 30. The highest BCUT2D eigenvalue weighted by Crippen LogP contribution is 2.22. The molecule has 0 aliphatic heterocycles. The van der Waals surface area contributed by atoms with Crippen molar-refractivity contribution in [3.8, 4) is 0 Å². The van der Waals surface area contributed by atoms with E-state index in [2.05, 4.69) is 39.9 Å². The highest BCUT2D eigenvalue weighted by atomic mass is 16.5. The van der Waals surface area contributed by atoms with Crippen LogP contribution in [0.4, 0.5) is 0 Å². The van der Waals surface area contributed by atoms with Gasteiger partial charge in [-0.05, 0) is 76.2 Å². The van der Waals surface area contributed by atoms with Crippen molar-refractivity contribution in [1.29, 1.82) is 0 Å². The van der Waals surface area contributed by atoms with E-state index in [-0.39, 0.29) is 11.9 Å². The molecule has 0 radical (unpaired) electrons. The number of carbonyl (C=O) groups is 2. The molecule has 0 aromatic carbocycles. The van der Waals surface area contributed by atoms with Crippen LogP contribution in [-0.2, 0) is 19.1 Å². The number of esters is 2. The van der Waals surface area contributed by atoms with Crippen molar-refractivity contribution in [2.75, 3.05) is 19.8 Å². The zero-order valence-electron chi connectivity index (χ0n) is 43.8. The Balaban J connectivity index is 4.46. The van der Waals surface area contributed by atoms with Gasteiger partial charge in [0.25, 0.3) is 0 Å². The third-order valence-corrected chi connectivity index (χ3v) is 13.9. The van der Waals surface area contributed by atoms with Crippen LogP contribution in [0.15, 0.2) is 0 Å². The van der Waals surface area contributed by atoms with Crippen molar-refractivity contribution in [2.24, 2.45) is 11.8 Å². The zero-order valence-corrected chi connectivity index (χ0v) is 43.8. The standard InChI is InChI=1S/C58H115NO4/c1-6-11-16-21-24-25-30-38-47-56(48-39-33-41-50-58(61)63-53-55(44-35-20-15-10-5)46-37-29-23-18-13-8-3)59-51-42-32-27-26-31-40-49-57(60)62-52-54(43-34-19-14-9-4)45-36-28-22-17-12-7-2/h54-56,59H,6-53H2,1-5H3. The Labute approximate surface area is 396 Å². The summed E-state index contributed by atoms with van der Waals surface area (Å²) in [6, 6.07) is 0.597. The monoisotopic (exact) mass is 890 g/mol. The summed E-state index contributed by atoms with van der Waals surface area (Å²) in [6.07, 6.45) is 56.2. The Hall–Kier alpha value is -1.10. The summed E-state index contributed by atoms with van der Waals surface area (Å²) < 4.78 is 11.7. The molecular weight excluding hydrogens is 775 g/mol. The first-order chi connectivity index (χ1) is 31.0. The number of rotatable bonds is 53. The molecule has 376 valence electrons. The van der Waals surface area contributed by atoms with Gasteiger partial charge in [0.05, 0.1) is 13.2 Å². The maximum atomic E-state index is 12.8. The first-order valence-corrected chi connectivity index (χ1v) is 29.0. The lowest BCUT2D eigenvalue weighted by molar-refractivity contribution is -0.146. The minimum Gasteiger partial charge on any atom is -0.465 e. The van der Waals surface area contributed by atoms with E-state index in [0.29, 0.717) is 43.9 Å². The fraction of sp³-hybridized carbons (Fsp3) is 0.966. The van der Waals surface area contributed by atoms with Crippen molar-refractivity contribution in [2.45, 2.75) is 330 Å². The smallest absolute Gasteiger partial charge is 0.305 e. The van der Waals surface area contributed by atoms with Gasteiger partial charge in [-0.15, -0.1) is 0 Å². The van der Waals surface area contributed by atoms with E-state index in [1.165, 1.54) is 250 Å². The van der Waals surface area contributed by atoms with Gasteiger partial charge in [0, 0.05) is 18.9 Å². The van der Waals surface area contributed by atoms with Gasteiger partial charge in [0.15, 0.2) is 0 Å². The topological polar surface area (TPSA) is 64.6 Å². The van der Waals surface area contributed by atoms with Crippen LogP contribution < -0.4 is 5.32 Å². The third-order valence-electron chi connectivity index (χ3n) is 13.9. The van der Waals surface area contributed by atoms with Crippen LogP contribution in [0.2, 0.25) is 0 Å². The third kappa shape index (κ3) is 47.2. The minimum absolute atomic E-state index is 0.0268. The molecular formula is C58H115NO4. The van der Waals surface area contributed by atoms with Crippen LogP contribution >= 0.6 is 0 Å². The lowest BCUT2D eigenvalue weighted by Gasteiger charge is -2.19. The van der Waals surface area contributed by atoms with Gasteiger partial charge in [-0.2, -0.15) is 0 Å². The number of hydrogen-bond donors (Lipinski definition) is 1. The summed E-state index contributed by atoms with van der Waals surface area (Å²) in [5.41, 5.74) is 0. The molecule has 5 heteroatoms. The highest BCUT2D eigenvalue weighted by molar-refractivity contribution is 5.69. The van der Waals surface area contributed by atoms with E-state index < -0.39 is 0 Å². The van der Waals surface area contributed by atoms with Crippen LogP contribution in [0, 0.1) is 11.8 Å². The quantitative estimate of drug-likeness (QED) is 0.0487. The van der Waals surface area contributed by atoms with E-state index in [9.17, 15) is 9.59 Å². The second-order valence-electron chi connectivity index (χ2n) is 20.3. The van der Waals surface area contributed by atoms with Crippen molar-refractivity contribution in [3.63, 3.8) is 0 Å². The normalized spacial score (nSPS) is 13.0. The molecule has 3 atom stereocenters. The predicted molar refractivity (Wildman–Crippen MR) is 277 cm³/mol. The van der Waals surface area contributed by atoms with Crippen LogP contribution in [0.5, 0.6) is 0 Å². The Morgan fingerprint density at radius 3 is 0.921 bits per heavy atom. The maximum Gasteiger partial charge on any atom is 0.305 e. The zero-order chi connectivity index (χ0) is 45.9. The molecule has 3 unspecified atom stereocenters. The Morgan fingerprint density at radius 1 is 0.317 bits per heavy atom. The average molecular weight is 891 g/mol. The van der Waals surface area contributed by atoms with Crippen molar-refractivity contribution in [3.05, 3.63) is 0 Å². The first kappa shape index (κ1) is 61.9. The fourth-order valence-corrected chi connectivity index (χ4v) is 9.45. The molecule has 5 nitrogen and oxygen atoms in total. The molecule has 0 bridgehead atoms. The molecule has 63 heavy (non-hydrogen) atoms. The first-order valence-electron chi connectivity index (χ1n) is 29.0. The fourth-order valence-electron chi connectivity index (χ4n) is 9.45. The SMILES string of the molecule is CCCCCCCCCCC(CCCCCC(=O)OCC(CCCCCC)CCCCCCCC)NCCCCCCCCC(=O)OCC(CCCCCC)CCCCCCCC. The van der Waals surface area contributed by atoms with Gasteiger partial charge in [0.1, 0.15) is 0 Å². The summed E-state index contributed by atoms with van der Waals surface area (Å²) in [6.45, 7) is 13.8. The van der Waals surface area contributed by atoms with Gasteiger partial charge in [0.2, 0.25) is 0 Å². The molecule has 0 aromatic rings. The molecule has 0 aliphatic carbocycles. The molecule has 0 spiro atoms. The van der Waals surface area contributed by atoms with E-state index in [0.717, 1.165) is 32.2 Å². The molecule has 0 amide bonds. The van der Waals surface area contributed by atoms with Gasteiger partial charge in [-0.3, -0.25) is 9.59 Å². The molecule has 0 aromatic heterocycles. The predicted octanol–water partition coefficient (Wildman–Crippen LogP) is 18.9. The van der Waals surface area contributed by atoms with Crippen molar-refractivity contribution < 1.29 is 19.1 Å². The van der Waals surface area contributed by atoms with Gasteiger partial charge < -0.3 is 14.8 Å². The summed E-state index contributed by atoms with van der Waals surface area (Å²) in [5.74, 6) is 1.15. The Kier molecular flexibility index (Phi) is 51.0. The number of ether oxygens (including phenoxy) is 2. The second kappa shape index (κ2) is 51.9. The van der Waals surface area contributed by atoms with Crippen LogP contribution in [0.1, 0.15) is 324 Å². The van der Waals surface area contributed by atoms with Crippen LogP contribution in [0.3, 0.4) is 0 Å². The van der Waals surface area contributed by atoms with Crippen molar-refractivity contribution in [1.82, 2.24) is 5.32 Å². The maximum absolute atomic E-state index is 12.8. The summed E-state index contributed by atoms with van der Waals surface area (Å²) >= 11 is 0. The van der Waals surface area contributed by atoms with Gasteiger partial charge in [-0.25, -0.2) is 0 Å². The second-order valence-corrected chi connectivity index (χ2v) is 20.3. The van der Waals surface area contributed by atoms with E-state index >= 15 is 0 Å². The summed E-state index contributed by atoms with van der Waals surface area (Å²) in [4.78, 5) is 25.4. The molecule has 0 fully saturated rings. The molecule has 0 rings (SSSR count). The Bertz CT molecular complexity index is 909. The largest absolute Gasteiger partial charge is 0.465 e. The average Bonchev–Trinajstić information content (AvgIpc) is 3.29.